The largest absolute Gasteiger partial charge is 0.493 e. The Morgan fingerprint density at radius 3 is 2.71 bits per heavy atom. The molecule has 0 spiro atoms. The van der Waals surface area contributed by atoms with E-state index in [1.807, 2.05) is 43.0 Å². The second-order valence-electron chi connectivity index (χ2n) is 7.37. The fourth-order valence-corrected chi connectivity index (χ4v) is 4.75. The summed E-state index contributed by atoms with van der Waals surface area (Å²) in [5.41, 5.74) is 1.12. The molecule has 0 saturated carbocycles. The fourth-order valence-electron chi connectivity index (χ4n) is 3.82. The number of para-hydroxylation sites is 2. The quantitative estimate of drug-likeness (QED) is 0.639. The van der Waals surface area contributed by atoms with Gasteiger partial charge in [-0.25, -0.2) is 4.79 Å². The molecule has 2 aromatic rings. The summed E-state index contributed by atoms with van der Waals surface area (Å²) in [5.74, 6) is 1.24. The van der Waals surface area contributed by atoms with Gasteiger partial charge >= 0.3 is 6.03 Å². The molecule has 1 unspecified atom stereocenters. The van der Waals surface area contributed by atoms with E-state index in [2.05, 4.69) is 16.8 Å². The molecular weight excluding hydrogens is 414 g/mol. The van der Waals surface area contributed by atoms with Gasteiger partial charge in [-0.3, -0.25) is 4.79 Å². The van der Waals surface area contributed by atoms with Crippen molar-refractivity contribution in [3.63, 3.8) is 0 Å². The molecule has 8 heteroatoms. The van der Waals surface area contributed by atoms with Crippen molar-refractivity contribution in [2.75, 3.05) is 39.9 Å². The minimum absolute atomic E-state index is 0.0598. The molecule has 3 rings (SSSR count). The van der Waals surface area contributed by atoms with Gasteiger partial charge in [-0.15, -0.1) is 11.3 Å². The normalized spacial score (nSPS) is 15.2. The van der Waals surface area contributed by atoms with E-state index in [-0.39, 0.29) is 24.5 Å². The maximum atomic E-state index is 13.3. The molecule has 0 radical (unpaired) electrons. The van der Waals surface area contributed by atoms with Crippen molar-refractivity contribution >= 4 is 23.3 Å². The van der Waals surface area contributed by atoms with Gasteiger partial charge in [-0.2, -0.15) is 0 Å². The van der Waals surface area contributed by atoms with E-state index >= 15 is 0 Å². The van der Waals surface area contributed by atoms with Crippen LogP contribution in [-0.2, 0) is 11.2 Å². The molecular formula is C23H31N3O4S. The number of hydrogen-bond donors (Lipinski definition) is 1. The van der Waals surface area contributed by atoms with Crippen LogP contribution in [0.1, 0.15) is 36.8 Å². The lowest BCUT2D eigenvalue weighted by atomic mass is 10.0. The maximum absolute atomic E-state index is 13.3. The lowest BCUT2D eigenvalue weighted by Gasteiger charge is -2.37. The standard InChI is InChI=1S/C23H31N3O4S/c1-4-12-25(23(28)24-5-2)15-22(27)26-13-10-21-17(11-14-31-21)18(26)16-30-20-9-7-6-8-19(20)29-3/h6-9,11,14,18H,4-5,10,12-13,15-16H2,1-3H3,(H,24,28). The molecule has 0 bridgehead atoms. The van der Waals surface area contributed by atoms with E-state index in [1.165, 1.54) is 4.88 Å². The summed E-state index contributed by atoms with van der Waals surface area (Å²) in [6.07, 6.45) is 1.61. The average Bonchev–Trinajstić information content (AvgIpc) is 3.26. The molecule has 1 atom stereocenters. The van der Waals surface area contributed by atoms with E-state index < -0.39 is 0 Å². The highest BCUT2D eigenvalue weighted by atomic mass is 32.1. The Bertz CT molecular complexity index is 885. The van der Waals surface area contributed by atoms with Crippen molar-refractivity contribution in [1.29, 1.82) is 0 Å². The average molecular weight is 446 g/mol. The number of thiophene rings is 1. The summed E-state index contributed by atoms with van der Waals surface area (Å²) in [5, 5.41) is 4.86. The van der Waals surface area contributed by atoms with Crippen LogP contribution in [0.4, 0.5) is 4.79 Å². The maximum Gasteiger partial charge on any atom is 0.317 e. The summed E-state index contributed by atoms with van der Waals surface area (Å²) < 4.78 is 11.5. The van der Waals surface area contributed by atoms with Crippen LogP contribution in [0.5, 0.6) is 11.5 Å². The van der Waals surface area contributed by atoms with Gasteiger partial charge in [0.2, 0.25) is 5.91 Å². The third-order valence-corrected chi connectivity index (χ3v) is 6.31. The Labute approximate surface area is 187 Å². The van der Waals surface area contributed by atoms with E-state index in [1.54, 1.807) is 23.3 Å². The molecule has 1 aromatic carbocycles. The third kappa shape index (κ3) is 5.50. The summed E-state index contributed by atoms with van der Waals surface area (Å²) in [6, 6.07) is 9.17. The number of hydrogen-bond acceptors (Lipinski definition) is 5. The zero-order chi connectivity index (χ0) is 22.2. The second kappa shape index (κ2) is 11.0. The van der Waals surface area contributed by atoms with Crippen molar-refractivity contribution in [1.82, 2.24) is 15.1 Å². The molecule has 0 fully saturated rings. The molecule has 168 valence electrons. The number of nitrogens with one attached hydrogen (secondary N) is 1. The number of amides is 3. The summed E-state index contributed by atoms with van der Waals surface area (Å²) in [4.78, 5) is 30.4. The van der Waals surface area contributed by atoms with Gasteiger partial charge in [0, 0.05) is 24.5 Å². The van der Waals surface area contributed by atoms with E-state index in [0.29, 0.717) is 37.7 Å². The number of carbonyl (C=O) groups excluding carboxylic acids is 2. The minimum atomic E-state index is -0.204. The molecule has 1 aliphatic heterocycles. The first kappa shape index (κ1) is 22.9. The highest BCUT2D eigenvalue weighted by Gasteiger charge is 2.33. The lowest BCUT2D eigenvalue weighted by Crippen LogP contribution is -2.50. The van der Waals surface area contributed by atoms with Crippen LogP contribution >= 0.6 is 11.3 Å². The van der Waals surface area contributed by atoms with Crippen LogP contribution in [0.25, 0.3) is 0 Å². The number of fused-ring (bicyclic) bond motifs is 1. The molecule has 3 amide bonds. The monoisotopic (exact) mass is 445 g/mol. The van der Waals surface area contributed by atoms with Gasteiger partial charge in [0.25, 0.3) is 0 Å². The molecule has 0 saturated heterocycles. The van der Waals surface area contributed by atoms with Crippen molar-refractivity contribution in [2.24, 2.45) is 0 Å². The summed E-state index contributed by atoms with van der Waals surface area (Å²) in [7, 11) is 1.61. The first-order valence-electron chi connectivity index (χ1n) is 10.7. The van der Waals surface area contributed by atoms with Crippen molar-refractivity contribution in [3.8, 4) is 11.5 Å². The second-order valence-corrected chi connectivity index (χ2v) is 8.37. The van der Waals surface area contributed by atoms with Crippen LogP contribution in [0.3, 0.4) is 0 Å². The lowest BCUT2D eigenvalue weighted by molar-refractivity contribution is -0.135. The highest BCUT2D eigenvalue weighted by molar-refractivity contribution is 7.10. The summed E-state index contributed by atoms with van der Waals surface area (Å²) in [6.45, 7) is 5.94. The predicted octanol–water partition coefficient (Wildman–Crippen LogP) is 3.70. The summed E-state index contributed by atoms with van der Waals surface area (Å²) >= 11 is 1.71. The van der Waals surface area contributed by atoms with Gasteiger partial charge in [0.05, 0.1) is 13.2 Å². The number of carbonyl (C=O) groups is 2. The van der Waals surface area contributed by atoms with Crippen molar-refractivity contribution in [2.45, 2.75) is 32.7 Å². The number of nitrogens with zero attached hydrogens (tertiary/aromatic N) is 2. The van der Waals surface area contributed by atoms with Gasteiger partial charge < -0.3 is 24.6 Å². The third-order valence-electron chi connectivity index (χ3n) is 5.32. The smallest absolute Gasteiger partial charge is 0.317 e. The molecule has 1 N–H and O–H groups in total. The zero-order valence-corrected chi connectivity index (χ0v) is 19.2. The van der Waals surface area contributed by atoms with Crippen LogP contribution in [0.2, 0.25) is 0 Å². The van der Waals surface area contributed by atoms with Crippen molar-refractivity contribution < 1.29 is 19.1 Å². The first-order chi connectivity index (χ1) is 15.1. The Kier molecular flexibility index (Phi) is 8.17. The Balaban J connectivity index is 1.77. The molecule has 7 nitrogen and oxygen atoms in total. The Morgan fingerprint density at radius 1 is 1.23 bits per heavy atom. The van der Waals surface area contributed by atoms with Gasteiger partial charge in [0.1, 0.15) is 13.2 Å². The topological polar surface area (TPSA) is 71.1 Å². The number of urea groups is 1. The predicted molar refractivity (Wildman–Crippen MR) is 122 cm³/mol. The SMILES string of the molecule is CCCN(CC(=O)N1CCc2sccc2C1COc1ccccc1OC)C(=O)NCC. The number of methoxy groups -OCH3 is 1. The minimum Gasteiger partial charge on any atom is -0.493 e. The van der Waals surface area contributed by atoms with Crippen LogP contribution in [-0.4, -0.2) is 61.6 Å². The van der Waals surface area contributed by atoms with Gasteiger partial charge in [-0.05, 0) is 48.9 Å². The molecule has 1 aromatic heterocycles. The van der Waals surface area contributed by atoms with E-state index in [4.69, 9.17) is 9.47 Å². The van der Waals surface area contributed by atoms with E-state index in [0.717, 1.165) is 18.4 Å². The zero-order valence-electron chi connectivity index (χ0n) is 18.4. The van der Waals surface area contributed by atoms with Gasteiger partial charge in [-0.1, -0.05) is 19.1 Å². The highest BCUT2D eigenvalue weighted by Crippen LogP contribution is 2.35. The number of ether oxygens (including phenoxy) is 2. The molecule has 31 heavy (non-hydrogen) atoms. The number of benzene rings is 1. The van der Waals surface area contributed by atoms with Crippen LogP contribution in [0, 0.1) is 0 Å². The first-order valence-corrected chi connectivity index (χ1v) is 11.6. The van der Waals surface area contributed by atoms with Gasteiger partial charge in [0.15, 0.2) is 11.5 Å². The Morgan fingerprint density at radius 2 is 2.00 bits per heavy atom. The molecule has 1 aliphatic rings. The Hall–Kier alpha value is -2.74. The molecule has 2 heterocycles. The van der Waals surface area contributed by atoms with Crippen LogP contribution in [0.15, 0.2) is 35.7 Å². The molecule has 0 aliphatic carbocycles. The fraction of sp³-hybridized carbons (Fsp3) is 0.478. The van der Waals surface area contributed by atoms with Crippen LogP contribution < -0.4 is 14.8 Å². The van der Waals surface area contributed by atoms with E-state index in [9.17, 15) is 9.59 Å². The number of rotatable bonds is 9. The van der Waals surface area contributed by atoms with Crippen molar-refractivity contribution in [3.05, 3.63) is 46.2 Å².